The highest BCUT2D eigenvalue weighted by molar-refractivity contribution is 9.10. The number of aromatic nitrogens is 2. The second-order valence-electron chi connectivity index (χ2n) is 5.49. The van der Waals surface area contributed by atoms with Crippen molar-refractivity contribution in [2.75, 3.05) is 26.2 Å². The standard InChI is InChI=1S/C16H19BrN4O/c1-11-15(17)12(2)21(19-11)14-5-3-13(4-6-14)16(22)20-9-7-18-8-10-20/h3-6,18H,7-10H2,1-2H3. The van der Waals surface area contributed by atoms with Crippen molar-refractivity contribution >= 4 is 21.8 Å². The maximum Gasteiger partial charge on any atom is 0.253 e. The van der Waals surface area contributed by atoms with Crippen LogP contribution in [-0.4, -0.2) is 46.8 Å². The van der Waals surface area contributed by atoms with E-state index >= 15 is 0 Å². The van der Waals surface area contributed by atoms with Crippen molar-refractivity contribution in [2.45, 2.75) is 13.8 Å². The van der Waals surface area contributed by atoms with Gasteiger partial charge in [-0.25, -0.2) is 4.68 Å². The van der Waals surface area contributed by atoms with Crippen molar-refractivity contribution in [3.05, 3.63) is 45.7 Å². The Morgan fingerprint density at radius 2 is 1.82 bits per heavy atom. The first kappa shape index (κ1) is 15.2. The lowest BCUT2D eigenvalue weighted by molar-refractivity contribution is 0.0736. The van der Waals surface area contributed by atoms with Crippen molar-refractivity contribution in [1.29, 1.82) is 0 Å². The number of benzene rings is 1. The van der Waals surface area contributed by atoms with E-state index in [1.807, 2.05) is 47.7 Å². The third-order valence-corrected chi connectivity index (χ3v) is 5.11. The summed E-state index contributed by atoms with van der Waals surface area (Å²) in [7, 11) is 0. The van der Waals surface area contributed by atoms with Crippen molar-refractivity contribution in [2.24, 2.45) is 0 Å². The molecule has 0 aliphatic carbocycles. The van der Waals surface area contributed by atoms with Crippen molar-refractivity contribution in [1.82, 2.24) is 20.0 Å². The lowest BCUT2D eigenvalue weighted by atomic mass is 10.1. The number of hydrogen-bond acceptors (Lipinski definition) is 3. The normalized spacial score (nSPS) is 15.1. The van der Waals surface area contributed by atoms with E-state index in [-0.39, 0.29) is 5.91 Å². The average Bonchev–Trinajstić information content (AvgIpc) is 2.83. The molecule has 2 aromatic rings. The zero-order chi connectivity index (χ0) is 15.7. The minimum Gasteiger partial charge on any atom is -0.336 e. The summed E-state index contributed by atoms with van der Waals surface area (Å²) in [5, 5.41) is 7.77. The van der Waals surface area contributed by atoms with E-state index in [0.29, 0.717) is 0 Å². The first-order chi connectivity index (χ1) is 10.6. The highest BCUT2D eigenvalue weighted by Gasteiger charge is 2.18. The number of amides is 1. The van der Waals surface area contributed by atoms with Crippen LogP contribution in [0.1, 0.15) is 21.7 Å². The van der Waals surface area contributed by atoms with E-state index < -0.39 is 0 Å². The molecule has 5 nitrogen and oxygen atoms in total. The van der Waals surface area contributed by atoms with E-state index in [2.05, 4.69) is 26.3 Å². The van der Waals surface area contributed by atoms with Crippen molar-refractivity contribution in [3.63, 3.8) is 0 Å². The molecule has 1 amide bonds. The summed E-state index contributed by atoms with van der Waals surface area (Å²) in [6, 6.07) is 7.65. The molecule has 0 saturated carbocycles. The van der Waals surface area contributed by atoms with Gasteiger partial charge >= 0.3 is 0 Å². The predicted octanol–water partition coefficient (Wildman–Crippen LogP) is 2.30. The van der Waals surface area contributed by atoms with Crippen LogP contribution in [0.2, 0.25) is 0 Å². The van der Waals surface area contributed by atoms with Gasteiger partial charge in [0.25, 0.3) is 5.91 Å². The van der Waals surface area contributed by atoms with Crippen LogP contribution in [0.4, 0.5) is 0 Å². The molecule has 1 aliphatic rings. The number of aryl methyl sites for hydroxylation is 1. The van der Waals surface area contributed by atoms with E-state index in [4.69, 9.17) is 0 Å². The number of rotatable bonds is 2. The third-order valence-electron chi connectivity index (χ3n) is 3.97. The zero-order valence-corrected chi connectivity index (χ0v) is 14.4. The fourth-order valence-corrected chi connectivity index (χ4v) is 2.92. The first-order valence-corrected chi connectivity index (χ1v) is 8.19. The summed E-state index contributed by atoms with van der Waals surface area (Å²) in [5.74, 6) is 0.0996. The van der Waals surface area contributed by atoms with Gasteiger partial charge in [0.05, 0.1) is 21.5 Å². The predicted molar refractivity (Wildman–Crippen MR) is 89.5 cm³/mol. The summed E-state index contributed by atoms with van der Waals surface area (Å²) in [4.78, 5) is 14.3. The van der Waals surface area contributed by atoms with Gasteiger partial charge in [-0.05, 0) is 54.0 Å². The lowest BCUT2D eigenvalue weighted by Crippen LogP contribution is -2.46. The molecule has 1 N–H and O–H groups in total. The van der Waals surface area contributed by atoms with E-state index in [1.54, 1.807) is 0 Å². The number of hydrogen-bond donors (Lipinski definition) is 1. The smallest absolute Gasteiger partial charge is 0.253 e. The largest absolute Gasteiger partial charge is 0.336 e. The average molecular weight is 363 g/mol. The van der Waals surface area contributed by atoms with Gasteiger partial charge in [-0.2, -0.15) is 5.10 Å². The molecule has 1 fully saturated rings. The van der Waals surface area contributed by atoms with Gasteiger partial charge in [0.1, 0.15) is 0 Å². The monoisotopic (exact) mass is 362 g/mol. The second kappa shape index (κ2) is 6.22. The van der Waals surface area contributed by atoms with Crippen LogP contribution in [0, 0.1) is 13.8 Å². The van der Waals surface area contributed by atoms with E-state index in [0.717, 1.165) is 53.3 Å². The number of halogens is 1. The molecule has 2 heterocycles. The summed E-state index contributed by atoms with van der Waals surface area (Å²) < 4.78 is 2.91. The van der Waals surface area contributed by atoms with Gasteiger partial charge in [0.15, 0.2) is 0 Å². The van der Waals surface area contributed by atoms with Gasteiger partial charge in [-0.3, -0.25) is 4.79 Å². The van der Waals surface area contributed by atoms with Gasteiger partial charge in [-0.15, -0.1) is 0 Å². The van der Waals surface area contributed by atoms with E-state index in [9.17, 15) is 4.79 Å². The maximum absolute atomic E-state index is 12.4. The number of carbonyl (C=O) groups is 1. The lowest BCUT2D eigenvalue weighted by Gasteiger charge is -2.27. The minimum atomic E-state index is 0.0996. The summed E-state index contributed by atoms with van der Waals surface area (Å²) in [6.45, 7) is 7.25. The Morgan fingerprint density at radius 1 is 1.18 bits per heavy atom. The van der Waals surface area contributed by atoms with Crippen LogP contribution >= 0.6 is 15.9 Å². The Labute approximate surface area is 138 Å². The van der Waals surface area contributed by atoms with Crippen LogP contribution < -0.4 is 5.32 Å². The number of nitrogens with zero attached hydrogens (tertiary/aromatic N) is 3. The molecule has 22 heavy (non-hydrogen) atoms. The molecule has 3 rings (SSSR count). The summed E-state index contributed by atoms with van der Waals surface area (Å²) >= 11 is 3.54. The molecule has 6 heteroatoms. The van der Waals surface area contributed by atoms with Gasteiger partial charge in [0.2, 0.25) is 0 Å². The van der Waals surface area contributed by atoms with Gasteiger partial charge < -0.3 is 10.2 Å². The Hall–Kier alpha value is -1.66. The summed E-state index contributed by atoms with van der Waals surface area (Å²) in [5.41, 5.74) is 3.70. The molecule has 116 valence electrons. The summed E-state index contributed by atoms with van der Waals surface area (Å²) in [6.07, 6.45) is 0. The number of nitrogens with one attached hydrogen (secondary N) is 1. The Morgan fingerprint density at radius 3 is 2.36 bits per heavy atom. The second-order valence-corrected chi connectivity index (χ2v) is 6.28. The topological polar surface area (TPSA) is 50.2 Å². The SMILES string of the molecule is Cc1nn(-c2ccc(C(=O)N3CCNCC3)cc2)c(C)c1Br. The molecular weight excluding hydrogens is 344 g/mol. The maximum atomic E-state index is 12.4. The molecule has 1 saturated heterocycles. The molecule has 1 aromatic carbocycles. The fourth-order valence-electron chi connectivity index (χ4n) is 2.67. The Balaban J connectivity index is 1.83. The Bertz CT molecular complexity index is 687. The van der Waals surface area contributed by atoms with Crippen molar-refractivity contribution in [3.8, 4) is 5.69 Å². The van der Waals surface area contributed by atoms with Gasteiger partial charge in [0, 0.05) is 31.7 Å². The van der Waals surface area contributed by atoms with Crippen LogP contribution in [0.25, 0.3) is 5.69 Å². The Kier molecular flexibility index (Phi) is 4.31. The molecule has 1 aromatic heterocycles. The fraction of sp³-hybridized carbons (Fsp3) is 0.375. The first-order valence-electron chi connectivity index (χ1n) is 7.40. The van der Waals surface area contributed by atoms with Gasteiger partial charge in [-0.1, -0.05) is 0 Å². The van der Waals surface area contributed by atoms with Crippen LogP contribution in [-0.2, 0) is 0 Å². The zero-order valence-electron chi connectivity index (χ0n) is 12.8. The third kappa shape index (κ3) is 2.80. The number of carbonyl (C=O) groups excluding carboxylic acids is 1. The van der Waals surface area contributed by atoms with Crippen LogP contribution in [0.5, 0.6) is 0 Å². The quantitative estimate of drug-likeness (QED) is 0.891. The molecular formula is C16H19BrN4O. The number of piperazine rings is 1. The molecule has 1 aliphatic heterocycles. The molecule has 0 radical (unpaired) electrons. The van der Waals surface area contributed by atoms with Crippen LogP contribution in [0.15, 0.2) is 28.7 Å². The molecule has 0 spiro atoms. The highest BCUT2D eigenvalue weighted by atomic mass is 79.9. The van der Waals surface area contributed by atoms with E-state index in [1.165, 1.54) is 0 Å². The minimum absolute atomic E-state index is 0.0996. The molecule has 0 unspecified atom stereocenters. The molecule has 0 bridgehead atoms. The molecule has 0 atom stereocenters. The van der Waals surface area contributed by atoms with Crippen LogP contribution in [0.3, 0.4) is 0 Å². The van der Waals surface area contributed by atoms with Crippen molar-refractivity contribution < 1.29 is 4.79 Å². The highest BCUT2D eigenvalue weighted by Crippen LogP contribution is 2.23.